The van der Waals surface area contributed by atoms with Crippen LogP contribution in [-0.4, -0.2) is 6.18 Å². The Hall–Kier alpha value is -3.30. The Labute approximate surface area is 190 Å². The lowest BCUT2D eigenvalue weighted by Crippen LogP contribution is -2.14. The second-order valence-corrected chi connectivity index (χ2v) is 8.00. The fourth-order valence-electron chi connectivity index (χ4n) is 3.70. The molecule has 0 fully saturated rings. The van der Waals surface area contributed by atoms with E-state index < -0.39 is 11.7 Å². The van der Waals surface area contributed by atoms with E-state index in [1.165, 1.54) is 12.1 Å². The SMILES string of the molecule is Cc1ccc(/C(=C(/c2ccc(Cl)cc2)c2ccc(-c3ccccc3)cc2)C(F)(F)F)cc1. The molecule has 4 rings (SSSR count). The molecule has 4 aromatic rings. The van der Waals surface area contributed by atoms with E-state index in [1.54, 1.807) is 48.5 Å². The minimum absolute atomic E-state index is 0.123. The van der Waals surface area contributed by atoms with Crippen molar-refractivity contribution in [3.8, 4) is 11.1 Å². The number of hydrogen-bond acceptors (Lipinski definition) is 0. The number of benzene rings is 4. The van der Waals surface area contributed by atoms with Gasteiger partial charge in [-0.05, 0) is 46.9 Å². The van der Waals surface area contributed by atoms with Crippen molar-refractivity contribution in [2.24, 2.45) is 0 Å². The molecular weight excluding hydrogens is 429 g/mol. The Bertz CT molecular complexity index is 1220. The summed E-state index contributed by atoms with van der Waals surface area (Å²) >= 11 is 6.02. The van der Waals surface area contributed by atoms with Gasteiger partial charge in [0, 0.05) is 10.6 Å². The van der Waals surface area contributed by atoms with Gasteiger partial charge in [0.15, 0.2) is 0 Å². The van der Waals surface area contributed by atoms with Crippen LogP contribution in [0, 0.1) is 6.92 Å². The zero-order valence-electron chi connectivity index (χ0n) is 17.3. The van der Waals surface area contributed by atoms with Gasteiger partial charge in [0.25, 0.3) is 0 Å². The summed E-state index contributed by atoms with van der Waals surface area (Å²) in [5.74, 6) is 0. The van der Waals surface area contributed by atoms with Gasteiger partial charge in [-0.25, -0.2) is 0 Å². The second-order valence-electron chi connectivity index (χ2n) is 7.56. The van der Waals surface area contributed by atoms with E-state index >= 15 is 0 Å². The molecule has 0 bridgehead atoms. The number of allylic oxidation sites excluding steroid dienone is 1. The summed E-state index contributed by atoms with van der Waals surface area (Å²) in [6, 6.07) is 29.8. The van der Waals surface area contributed by atoms with Crippen molar-refractivity contribution >= 4 is 22.7 Å². The average molecular weight is 449 g/mol. The molecular formula is C28H20ClF3. The minimum atomic E-state index is -4.55. The summed E-state index contributed by atoms with van der Waals surface area (Å²) in [4.78, 5) is 0. The molecule has 0 N–H and O–H groups in total. The van der Waals surface area contributed by atoms with Gasteiger partial charge in [0.1, 0.15) is 0 Å². The fraction of sp³-hybridized carbons (Fsp3) is 0.0714. The topological polar surface area (TPSA) is 0 Å². The molecule has 0 saturated carbocycles. The third-order valence-electron chi connectivity index (χ3n) is 5.29. The molecule has 160 valence electrons. The van der Waals surface area contributed by atoms with Crippen molar-refractivity contribution < 1.29 is 13.2 Å². The van der Waals surface area contributed by atoms with Gasteiger partial charge in [-0.2, -0.15) is 13.2 Å². The third kappa shape index (κ3) is 4.79. The van der Waals surface area contributed by atoms with Gasteiger partial charge >= 0.3 is 6.18 Å². The van der Waals surface area contributed by atoms with Crippen molar-refractivity contribution in [2.75, 3.05) is 0 Å². The summed E-state index contributed by atoms with van der Waals surface area (Å²) in [6.07, 6.45) is -4.55. The van der Waals surface area contributed by atoms with E-state index in [-0.39, 0.29) is 11.1 Å². The average Bonchev–Trinajstić information content (AvgIpc) is 2.79. The number of halogens is 4. The molecule has 0 aliphatic carbocycles. The monoisotopic (exact) mass is 448 g/mol. The van der Waals surface area contributed by atoms with Crippen LogP contribution in [0.3, 0.4) is 0 Å². The van der Waals surface area contributed by atoms with Crippen LogP contribution in [0.2, 0.25) is 5.02 Å². The Morgan fingerprint density at radius 1 is 0.594 bits per heavy atom. The first-order valence-electron chi connectivity index (χ1n) is 10.1. The molecule has 0 saturated heterocycles. The first-order chi connectivity index (χ1) is 15.3. The van der Waals surface area contributed by atoms with Gasteiger partial charge in [-0.15, -0.1) is 0 Å². The molecule has 0 radical (unpaired) electrons. The van der Waals surface area contributed by atoms with E-state index in [0.717, 1.165) is 16.7 Å². The lowest BCUT2D eigenvalue weighted by Gasteiger charge is -2.20. The Morgan fingerprint density at radius 3 is 1.59 bits per heavy atom. The number of alkyl halides is 3. The second kappa shape index (κ2) is 9.05. The van der Waals surface area contributed by atoms with Crippen molar-refractivity contribution in [3.05, 3.63) is 130 Å². The number of aryl methyl sites for hydroxylation is 1. The number of hydrogen-bond donors (Lipinski definition) is 0. The fourth-order valence-corrected chi connectivity index (χ4v) is 3.83. The lowest BCUT2D eigenvalue weighted by atomic mass is 9.88. The maximum atomic E-state index is 14.5. The zero-order valence-corrected chi connectivity index (χ0v) is 18.1. The summed E-state index contributed by atoms with van der Waals surface area (Å²) in [5.41, 5.74) is 3.36. The van der Waals surface area contributed by atoms with Gasteiger partial charge in [-0.1, -0.05) is 108 Å². The predicted molar refractivity (Wildman–Crippen MR) is 126 cm³/mol. The third-order valence-corrected chi connectivity index (χ3v) is 5.54. The van der Waals surface area contributed by atoms with E-state index in [0.29, 0.717) is 16.1 Å². The van der Waals surface area contributed by atoms with Crippen LogP contribution in [-0.2, 0) is 0 Å². The largest absolute Gasteiger partial charge is 0.417 e. The molecule has 0 amide bonds. The van der Waals surface area contributed by atoms with Crippen molar-refractivity contribution in [3.63, 3.8) is 0 Å². The molecule has 0 heterocycles. The lowest BCUT2D eigenvalue weighted by molar-refractivity contribution is -0.0685. The van der Waals surface area contributed by atoms with Gasteiger partial charge in [-0.3, -0.25) is 0 Å². The molecule has 0 aliphatic heterocycles. The van der Waals surface area contributed by atoms with E-state index in [2.05, 4.69) is 0 Å². The maximum Gasteiger partial charge on any atom is 0.417 e. The highest BCUT2D eigenvalue weighted by molar-refractivity contribution is 6.30. The molecule has 0 spiro atoms. The Balaban J connectivity index is 1.95. The molecule has 0 nitrogen and oxygen atoms in total. The zero-order chi connectivity index (χ0) is 22.7. The molecule has 4 aromatic carbocycles. The Morgan fingerprint density at radius 2 is 1.06 bits per heavy atom. The highest BCUT2D eigenvalue weighted by atomic mass is 35.5. The van der Waals surface area contributed by atoms with Gasteiger partial charge in [0.2, 0.25) is 0 Å². The van der Waals surface area contributed by atoms with Crippen LogP contribution in [0.25, 0.3) is 22.3 Å². The standard InChI is InChI=1S/C28H20ClF3/c1-19-7-9-24(10-8-19)27(28(30,31)32)26(23-15-17-25(29)18-16-23)22-13-11-21(12-14-22)20-5-3-2-4-6-20/h2-18H,1H3/b27-26-. The first kappa shape index (κ1) is 21.9. The van der Waals surface area contributed by atoms with E-state index in [9.17, 15) is 13.2 Å². The summed E-state index contributed by atoms with van der Waals surface area (Å²) < 4.78 is 43.4. The van der Waals surface area contributed by atoms with Crippen molar-refractivity contribution in [1.82, 2.24) is 0 Å². The van der Waals surface area contributed by atoms with Crippen molar-refractivity contribution in [1.29, 1.82) is 0 Å². The molecule has 0 aromatic heterocycles. The smallest absolute Gasteiger partial charge is 0.166 e. The first-order valence-corrected chi connectivity index (χ1v) is 10.5. The minimum Gasteiger partial charge on any atom is -0.166 e. The Kier molecular flexibility index (Phi) is 6.20. The summed E-state index contributed by atoms with van der Waals surface area (Å²) in [6.45, 7) is 1.85. The summed E-state index contributed by atoms with van der Waals surface area (Å²) in [7, 11) is 0. The molecule has 0 aliphatic rings. The van der Waals surface area contributed by atoms with Gasteiger partial charge in [0.05, 0.1) is 5.57 Å². The number of rotatable bonds is 4. The quantitative estimate of drug-likeness (QED) is 0.273. The van der Waals surface area contributed by atoms with Crippen LogP contribution >= 0.6 is 11.6 Å². The van der Waals surface area contributed by atoms with Crippen LogP contribution in [0.5, 0.6) is 0 Å². The van der Waals surface area contributed by atoms with E-state index in [4.69, 9.17) is 11.6 Å². The highest BCUT2D eigenvalue weighted by Crippen LogP contribution is 2.43. The molecule has 32 heavy (non-hydrogen) atoms. The molecule has 0 atom stereocenters. The van der Waals surface area contributed by atoms with Crippen LogP contribution in [0.15, 0.2) is 103 Å². The maximum absolute atomic E-state index is 14.5. The highest BCUT2D eigenvalue weighted by Gasteiger charge is 2.38. The van der Waals surface area contributed by atoms with Crippen LogP contribution in [0.1, 0.15) is 22.3 Å². The summed E-state index contributed by atoms with van der Waals surface area (Å²) in [5, 5.41) is 0.469. The molecule has 0 unspecified atom stereocenters. The predicted octanol–water partition coefficient (Wildman–Crippen LogP) is 8.84. The van der Waals surface area contributed by atoms with Gasteiger partial charge < -0.3 is 0 Å². The van der Waals surface area contributed by atoms with Crippen LogP contribution in [0.4, 0.5) is 13.2 Å². The normalized spacial score (nSPS) is 12.4. The molecule has 4 heteroatoms. The van der Waals surface area contributed by atoms with E-state index in [1.807, 2.05) is 49.4 Å². The van der Waals surface area contributed by atoms with Crippen LogP contribution < -0.4 is 0 Å². The van der Waals surface area contributed by atoms with Crippen molar-refractivity contribution in [2.45, 2.75) is 13.1 Å².